The quantitative estimate of drug-likeness (QED) is 0.762. The van der Waals surface area contributed by atoms with E-state index < -0.39 is 0 Å². The molecule has 0 unspecified atom stereocenters. The molecule has 0 N–H and O–H groups in total. The molecule has 1 aliphatic heterocycles. The van der Waals surface area contributed by atoms with Gasteiger partial charge in [0.2, 0.25) is 5.91 Å². The third-order valence-corrected chi connectivity index (χ3v) is 3.38. The monoisotopic (exact) mass is 251 g/mol. The number of methoxy groups -OCH3 is 1. The van der Waals surface area contributed by atoms with Gasteiger partial charge >= 0.3 is 0 Å². The van der Waals surface area contributed by atoms with E-state index in [1.165, 1.54) is 0 Å². The molecule has 5 heteroatoms. The molecule has 1 aromatic heterocycles. The van der Waals surface area contributed by atoms with Crippen molar-refractivity contribution in [2.75, 3.05) is 26.8 Å². The van der Waals surface area contributed by atoms with Crippen molar-refractivity contribution in [2.24, 2.45) is 5.92 Å². The number of carbonyl (C=O) groups excluding carboxylic acids is 1. The number of likely N-dealkylation sites (tertiary alicyclic amines) is 1. The summed E-state index contributed by atoms with van der Waals surface area (Å²) in [6, 6.07) is 1.90. The van der Waals surface area contributed by atoms with Crippen LogP contribution in [-0.2, 0) is 16.1 Å². The summed E-state index contributed by atoms with van der Waals surface area (Å²) in [7, 11) is 1.72. The van der Waals surface area contributed by atoms with Gasteiger partial charge in [-0.3, -0.25) is 9.48 Å². The largest absolute Gasteiger partial charge is 0.384 e. The highest BCUT2D eigenvalue weighted by atomic mass is 16.5. The number of hydrogen-bond donors (Lipinski definition) is 0. The predicted molar refractivity (Wildman–Crippen MR) is 68.0 cm³/mol. The number of aromatic nitrogens is 2. The normalized spacial score (nSPS) is 19.4. The molecule has 0 spiro atoms. The maximum Gasteiger partial charge on any atom is 0.222 e. The molecule has 1 aliphatic rings. The van der Waals surface area contributed by atoms with Gasteiger partial charge < -0.3 is 9.64 Å². The van der Waals surface area contributed by atoms with E-state index >= 15 is 0 Å². The zero-order valence-corrected chi connectivity index (χ0v) is 10.9. The van der Waals surface area contributed by atoms with Crippen molar-refractivity contribution >= 4 is 5.91 Å². The number of rotatable bonds is 6. The predicted octanol–water partition coefficient (Wildman–Crippen LogP) is 1.16. The van der Waals surface area contributed by atoms with Crippen LogP contribution in [0.5, 0.6) is 0 Å². The SMILES string of the molecule is COC[C@@H]1CCN(C(=O)CCCn2cccn2)C1. The summed E-state index contributed by atoms with van der Waals surface area (Å²) in [5, 5.41) is 4.12. The van der Waals surface area contributed by atoms with Crippen LogP contribution in [0.15, 0.2) is 18.5 Å². The number of hydrogen-bond acceptors (Lipinski definition) is 3. The minimum Gasteiger partial charge on any atom is -0.384 e. The van der Waals surface area contributed by atoms with Crippen LogP contribution in [0.1, 0.15) is 19.3 Å². The van der Waals surface area contributed by atoms with Gasteiger partial charge in [0.15, 0.2) is 0 Å². The van der Waals surface area contributed by atoms with Crippen LogP contribution in [-0.4, -0.2) is 47.4 Å². The maximum atomic E-state index is 12.0. The smallest absolute Gasteiger partial charge is 0.222 e. The summed E-state index contributed by atoms with van der Waals surface area (Å²) in [5.74, 6) is 0.783. The first-order chi connectivity index (χ1) is 8.79. The number of carbonyl (C=O) groups is 1. The fourth-order valence-electron chi connectivity index (χ4n) is 2.41. The molecule has 0 saturated carbocycles. The van der Waals surface area contributed by atoms with Gasteiger partial charge in [0.1, 0.15) is 0 Å². The highest BCUT2D eigenvalue weighted by molar-refractivity contribution is 5.76. The molecule has 0 radical (unpaired) electrons. The lowest BCUT2D eigenvalue weighted by molar-refractivity contribution is -0.130. The summed E-state index contributed by atoms with van der Waals surface area (Å²) in [4.78, 5) is 13.9. The van der Waals surface area contributed by atoms with E-state index in [-0.39, 0.29) is 5.91 Å². The fraction of sp³-hybridized carbons (Fsp3) is 0.692. The molecule has 1 amide bonds. The van der Waals surface area contributed by atoms with E-state index in [9.17, 15) is 4.79 Å². The number of nitrogens with zero attached hydrogens (tertiary/aromatic N) is 3. The van der Waals surface area contributed by atoms with Crippen molar-refractivity contribution in [3.63, 3.8) is 0 Å². The Morgan fingerprint density at radius 2 is 2.44 bits per heavy atom. The van der Waals surface area contributed by atoms with Crippen LogP contribution < -0.4 is 0 Å². The first-order valence-electron chi connectivity index (χ1n) is 6.53. The molecule has 1 atom stereocenters. The molecular weight excluding hydrogens is 230 g/mol. The van der Waals surface area contributed by atoms with Gasteiger partial charge in [-0.1, -0.05) is 0 Å². The van der Waals surface area contributed by atoms with Gasteiger partial charge in [0.25, 0.3) is 0 Å². The average molecular weight is 251 g/mol. The standard InChI is InChI=1S/C13H21N3O2/c1-18-11-12-5-9-15(10-12)13(17)4-2-7-16-8-3-6-14-16/h3,6,8,12H,2,4-5,7,9-11H2,1H3/t12-/m1/s1. The van der Waals surface area contributed by atoms with Gasteiger partial charge in [0.05, 0.1) is 6.61 Å². The molecule has 0 bridgehead atoms. The summed E-state index contributed by atoms with van der Waals surface area (Å²) in [5.41, 5.74) is 0. The Morgan fingerprint density at radius 3 is 3.17 bits per heavy atom. The average Bonchev–Trinajstić information content (AvgIpc) is 3.00. The lowest BCUT2D eigenvalue weighted by Crippen LogP contribution is -2.29. The van der Waals surface area contributed by atoms with Crippen LogP contribution in [0.3, 0.4) is 0 Å². The van der Waals surface area contributed by atoms with E-state index in [1.54, 1.807) is 13.3 Å². The third kappa shape index (κ3) is 3.57. The Labute approximate surface area is 108 Å². The van der Waals surface area contributed by atoms with E-state index in [1.807, 2.05) is 21.8 Å². The molecule has 0 aliphatic carbocycles. The first kappa shape index (κ1) is 13.1. The second-order valence-electron chi connectivity index (χ2n) is 4.82. The van der Waals surface area contributed by atoms with Crippen LogP contribution in [0.4, 0.5) is 0 Å². The van der Waals surface area contributed by atoms with Gasteiger partial charge in [-0.15, -0.1) is 0 Å². The lowest BCUT2D eigenvalue weighted by Gasteiger charge is -2.16. The minimum atomic E-state index is 0.265. The number of amides is 1. The molecule has 2 rings (SSSR count). The summed E-state index contributed by atoms with van der Waals surface area (Å²) < 4.78 is 7.00. The molecule has 2 heterocycles. The second-order valence-corrected chi connectivity index (χ2v) is 4.82. The van der Waals surface area contributed by atoms with E-state index in [2.05, 4.69) is 5.10 Å². The molecule has 1 saturated heterocycles. The Bertz CT molecular complexity index is 364. The molecular formula is C13H21N3O2. The molecule has 0 aromatic carbocycles. The Balaban J connectivity index is 1.66. The molecule has 1 aromatic rings. The third-order valence-electron chi connectivity index (χ3n) is 3.38. The zero-order chi connectivity index (χ0) is 12.8. The summed E-state index contributed by atoms with van der Waals surface area (Å²) in [6.07, 6.45) is 6.22. The van der Waals surface area contributed by atoms with Crippen LogP contribution in [0.25, 0.3) is 0 Å². The van der Waals surface area contributed by atoms with E-state index in [0.29, 0.717) is 12.3 Å². The zero-order valence-electron chi connectivity index (χ0n) is 10.9. The number of ether oxygens (including phenoxy) is 1. The van der Waals surface area contributed by atoms with Crippen LogP contribution >= 0.6 is 0 Å². The van der Waals surface area contributed by atoms with Gasteiger partial charge in [-0.05, 0) is 18.9 Å². The molecule has 100 valence electrons. The van der Waals surface area contributed by atoms with Crippen molar-refractivity contribution in [2.45, 2.75) is 25.8 Å². The van der Waals surface area contributed by atoms with Crippen LogP contribution in [0, 0.1) is 5.92 Å². The minimum absolute atomic E-state index is 0.265. The van der Waals surface area contributed by atoms with Crippen molar-refractivity contribution in [1.29, 1.82) is 0 Å². The van der Waals surface area contributed by atoms with Gasteiger partial charge in [-0.25, -0.2) is 0 Å². The van der Waals surface area contributed by atoms with Crippen molar-refractivity contribution in [3.8, 4) is 0 Å². The topological polar surface area (TPSA) is 47.4 Å². The van der Waals surface area contributed by atoms with E-state index in [4.69, 9.17) is 4.74 Å². The molecule has 18 heavy (non-hydrogen) atoms. The van der Waals surface area contributed by atoms with Crippen molar-refractivity contribution in [3.05, 3.63) is 18.5 Å². The highest BCUT2D eigenvalue weighted by Crippen LogP contribution is 2.17. The molecule has 5 nitrogen and oxygen atoms in total. The Morgan fingerprint density at radius 1 is 1.56 bits per heavy atom. The lowest BCUT2D eigenvalue weighted by atomic mass is 10.1. The maximum absolute atomic E-state index is 12.0. The summed E-state index contributed by atoms with van der Waals surface area (Å²) >= 11 is 0. The molecule has 1 fully saturated rings. The van der Waals surface area contributed by atoms with Gasteiger partial charge in [-0.2, -0.15) is 5.10 Å². The second kappa shape index (κ2) is 6.54. The van der Waals surface area contributed by atoms with Gasteiger partial charge in [0, 0.05) is 51.5 Å². The van der Waals surface area contributed by atoms with Crippen molar-refractivity contribution < 1.29 is 9.53 Å². The first-order valence-corrected chi connectivity index (χ1v) is 6.53. The summed E-state index contributed by atoms with van der Waals surface area (Å²) in [6.45, 7) is 3.31. The highest BCUT2D eigenvalue weighted by Gasteiger charge is 2.25. The fourth-order valence-corrected chi connectivity index (χ4v) is 2.41. The Kier molecular flexibility index (Phi) is 4.75. The Hall–Kier alpha value is -1.36. The number of aryl methyl sites for hydroxylation is 1. The van der Waals surface area contributed by atoms with Crippen molar-refractivity contribution in [1.82, 2.24) is 14.7 Å². The van der Waals surface area contributed by atoms with E-state index in [0.717, 1.165) is 39.1 Å². The van der Waals surface area contributed by atoms with Crippen LogP contribution in [0.2, 0.25) is 0 Å².